The van der Waals surface area contributed by atoms with Crippen molar-refractivity contribution in [2.75, 3.05) is 13.2 Å². The SMILES string of the molecule is CC(C)c1ccccc1OCCNCc1cccc(OC2CCCC2)c1. The van der Waals surface area contributed by atoms with E-state index in [2.05, 4.69) is 61.6 Å². The van der Waals surface area contributed by atoms with Crippen molar-refractivity contribution in [2.45, 2.75) is 58.1 Å². The summed E-state index contributed by atoms with van der Waals surface area (Å²) >= 11 is 0. The molecule has 0 aromatic heterocycles. The first-order valence-electron chi connectivity index (χ1n) is 9.90. The Morgan fingerprint density at radius 3 is 2.65 bits per heavy atom. The highest BCUT2D eigenvalue weighted by Crippen LogP contribution is 2.26. The number of ether oxygens (including phenoxy) is 2. The molecule has 1 saturated carbocycles. The van der Waals surface area contributed by atoms with E-state index < -0.39 is 0 Å². The average Bonchev–Trinajstić information content (AvgIpc) is 3.15. The third kappa shape index (κ3) is 5.50. The lowest BCUT2D eigenvalue weighted by atomic mass is 10.0. The van der Waals surface area contributed by atoms with Crippen molar-refractivity contribution in [2.24, 2.45) is 0 Å². The molecule has 0 amide bonds. The van der Waals surface area contributed by atoms with Crippen molar-refractivity contribution in [3.8, 4) is 11.5 Å². The molecule has 3 heteroatoms. The van der Waals surface area contributed by atoms with Crippen molar-refractivity contribution >= 4 is 0 Å². The molecule has 1 aliphatic carbocycles. The van der Waals surface area contributed by atoms with Crippen LogP contribution in [0.5, 0.6) is 11.5 Å². The first-order chi connectivity index (χ1) is 12.7. The molecule has 0 unspecified atom stereocenters. The highest BCUT2D eigenvalue weighted by atomic mass is 16.5. The van der Waals surface area contributed by atoms with Crippen molar-refractivity contribution < 1.29 is 9.47 Å². The molecular weight excluding hydrogens is 322 g/mol. The van der Waals surface area contributed by atoms with Crippen LogP contribution in [0.15, 0.2) is 48.5 Å². The van der Waals surface area contributed by atoms with Crippen LogP contribution in [0, 0.1) is 0 Å². The molecule has 0 spiro atoms. The van der Waals surface area contributed by atoms with E-state index in [0.29, 0.717) is 18.6 Å². The Balaban J connectivity index is 1.41. The maximum atomic E-state index is 6.08. The third-order valence-corrected chi connectivity index (χ3v) is 4.91. The van der Waals surface area contributed by atoms with E-state index >= 15 is 0 Å². The fourth-order valence-electron chi connectivity index (χ4n) is 3.48. The van der Waals surface area contributed by atoms with E-state index in [9.17, 15) is 0 Å². The Bertz CT molecular complexity index is 677. The van der Waals surface area contributed by atoms with E-state index in [4.69, 9.17) is 9.47 Å². The summed E-state index contributed by atoms with van der Waals surface area (Å²) in [6.45, 7) is 6.71. The summed E-state index contributed by atoms with van der Waals surface area (Å²) in [5.74, 6) is 2.47. The average molecular weight is 354 g/mol. The van der Waals surface area contributed by atoms with Gasteiger partial charge < -0.3 is 14.8 Å². The van der Waals surface area contributed by atoms with Crippen molar-refractivity contribution in [3.63, 3.8) is 0 Å². The third-order valence-electron chi connectivity index (χ3n) is 4.91. The first kappa shape index (κ1) is 18.8. The van der Waals surface area contributed by atoms with Gasteiger partial charge in [-0.2, -0.15) is 0 Å². The molecule has 1 N–H and O–H groups in total. The fraction of sp³-hybridized carbons (Fsp3) is 0.478. The van der Waals surface area contributed by atoms with Crippen LogP contribution < -0.4 is 14.8 Å². The second kappa shape index (κ2) is 9.63. The minimum absolute atomic E-state index is 0.410. The normalized spacial score (nSPS) is 14.7. The van der Waals surface area contributed by atoms with Crippen molar-refractivity contribution in [3.05, 3.63) is 59.7 Å². The van der Waals surface area contributed by atoms with Gasteiger partial charge in [0.1, 0.15) is 18.1 Å². The van der Waals surface area contributed by atoms with Gasteiger partial charge in [-0.3, -0.25) is 0 Å². The Labute approximate surface area is 157 Å². The Morgan fingerprint density at radius 1 is 1.04 bits per heavy atom. The summed E-state index contributed by atoms with van der Waals surface area (Å²) in [6.07, 6.45) is 5.39. The van der Waals surface area contributed by atoms with Gasteiger partial charge in [0.15, 0.2) is 0 Å². The Kier molecular flexibility index (Phi) is 6.96. The van der Waals surface area contributed by atoms with Crippen LogP contribution in [0.3, 0.4) is 0 Å². The van der Waals surface area contributed by atoms with Crippen LogP contribution in [-0.4, -0.2) is 19.3 Å². The van der Waals surface area contributed by atoms with Gasteiger partial charge in [-0.05, 0) is 60.9 Å². The summed E-state index contributed by atoms with van der Waals surface area (Å²) in [5, 5.41) is 3.46. The van der Waals surface area contributed by atoms with Crippen LogP contribution in [0.4, 0.5) is 0 Å². The molecule has 3 rings (SSSR count). The van der Waals surface area contributed by atoms with Crippen LogP contribution in [0.25, 0.3) is 0 Å². The van der Waals surface area contributed by atoms with Crippen molar-refractivity contribution in [1.82, 2.24) is 5.32 Å². The lowest BCUT2D eigenvalue weighted by Gasteiger charge is -2.15. The van der Waals surface area contributed by atoms with Crippen LogP contribution in [0.2, 0.25) is 0 Å². The summed E-state index contributed by atoms with van der Waals surface area (Å²) in [5.41, 5.74) is 2.52. The number of hydrogen-bond donors (Lipinski definition) is 1. The van der Waals surface area contributed by atoms with E-state index in [0.717, 1.165) is 24.6 Å². The number of rotatable bonds is 9. The number of para-hydroxylation sites is 1. The maximum Gasteiger partial charge on any atom is 0.122 e. The van der Waals surface area contributed by atoms with Gasteiger partial charge in [0.25, 0.3) is 0 Å². The van der Waals surface area contributed by atoms with Gasteiger partial charge in [-0.1, -0.05) is 44.2 Å². The molecule has 0 radical (unpaired) electrons. The molecular formula is C23H31NO2. The van der Waals surface area contributed by atoms with Gasteiger partial charge in [0, 0.05) is 13.1 Å². The lowest BCUT2D eigenvalue weighted by Crippen LogP contribution is -2.21. The fourth-order valence-corrected chi connectivity index (χ4v) is 3.48. The van der Waals surface area contributed by atoms with E-state index in [1.54, 1.807) is 0 Å². The predicted octanol–water partition coefficient (Wildman–Crippen LogP) is 5.30. The summed E-state index contributed by atoms with van der Waals surface area (Å²) in [6, 6.07) is 16.7. The standard InChI is InChI=1S/C23H31NO2/c1-18(2)22-12-5-6-13-23(22)25-15-14-24-17-19-8-7-11-21(16-19)26-20-9-3-4-10-20/h5-8,11-13,16,18,20,24H,3-4,9-10,14-15,17H2,1-2H3. The molecule has 140 valence electrons. The first-order valence-corrected chi connectivity index (χ1v) is 9.90. The van der Waals surface area contributed by atoms with Gasteiger partial charge in [0.2, 0.25) is 0 Å². The quantitative estimate of drug-likeness (QED) is 0.621. The Hall–Kier alpha value is -2.00. The summed E-state index contributed by atoms with van der Waals surface area (Å²) in [7, 11) is 0. The zero-order chi connectivity index (χ0) is 18.2. The molecule has 26 heavy (non-hydrogen) atoms. The molecule has 0 bridgehead atoms. The monoisotopic (exact) mass is 353 g/mol. The maximum absolute atomic E-state index is 6.08. The summed E-state index contributed by atoms with van der Waals surface area (Å²) in [4.78, 5) is 0. The van der Waals surface area contributed by atoms with Crippen LogP contribution >= 0.6 is 0 Å². The largest absolute Gasteiger partial charge is 0.492 e. The minimum atomic E-state index is 0.410. The number of nitrogens with one attached hydrogen (secondary N) is 1. The lowest BCUT2D eigenvalue weighted by molar-refractivity contribution is 0.210. The topological polar surface area (TPSA) is 30.5 Å². The van der Waals surface area contributed by atoms with Gasteiger partial charge in [-0.15, -0.1) is 0 Å². The van der Waals surface area contributed by atoms with E-state index in [-0.39, 0.29) is 0 Å². The smallest absolute Gasteiger partial charge is 0.122 e. The zero-order valence-corrected chi connectivity index (χ0v) is 16.0. The minimum Gasteiger partial charge on any atom is -0.492 e. The molecule has 0 saturated heterocycles. The highest BCUT2D eigenvalue weighted by molar-refractivity contribution is 5.35. The number of hydrogen-bond acceptors (Lipinski definition) is 3. The highest BCUT2D eigenvalue weighted by Gasteiger charge is 2.16. The molecule has 0 atom stereocenters. The number of benzene rings is 2. The summed E-state index contributed by atoms with van der Waals surface area (Å²) < 4.78 is 12.0. The van der Waals surface area contributed by atoms with Gasteiger partial charge >= 0.3 is 0 Å². The van der Waals surface area contributed by atoms with Gasteiger partial charge in [-0.25, -0.2) is 0 Å². The predicted molar refractivity (Wildman–Crippen MR) is 107 cm³/mol. The van der Waals surface area contributed by atoms with E-state index in [1.165, 1.54) is 36.8 Å². The second-order valence-electron chi connectivity index (χ2n) is 7.39. The van der Waals surface area contributed by atoms with Crippen molar-refractivity contribution in [1.29, 1.82) is 0 Å². The second-order valence-corrected chi connectivity index (χ2v) is 7.39. The van der Waals surface area contributed by atoms with Crippen LogP contribution in [-0.2, 0) is 6.54 Å². The molecule has 2 aromatic carbocycles. The molecule has 1 aliphatic rings. The van der Waals surface area contributed by atoms with Crippen LogP contribution in [0.1, 0.15) is 56.6 Å². The molecule has 0 heterocycles. The molecule has 0 aliphatic heterocycles. The Morgan fingerprint density at radius 2 is 1.85 bits per heavy atom. The van der Waals surface area contributed by atoms with E-state index in [1.807, 2.05) is 6.07 Å². The van der Waals surface area contributed by atoms with Gasteiger partial charge in [0.05, 0.1) is 6.10 Å². The molecule has 2 aromatic rings. The molecule has 3 nitrogen and oxygen atoms in total. The zero-order valence-electron chi connectivity index (χ0n) is 16.0. The molecule has 1 fully saturated rings.